The van der Waals surface area contributed by atoms with Crippen molar-refractivity contribution in [2.75, 3.05) is 0 Å². The Balaban J connectivity index is 2.19. The number of rotatable bonds is 2. The van der Waals surface area contributed by atoms with Crippen molar-refractivity contribution in [3.63, 3.8) is 0 Å². The van der Waals surface area contributed by atoms with Crippen LogP contribution >= 0.6 is 0 Å². The van der Waals surface area contributed by atoms with Crippen LogP contribution in [0.25, 0.3) is 0 Å². The van der Waals surface area contributed by atoms with Crippen molar-refractivity contribution in [3.05, 3.63) is 0 Å². The Bertz CT molecular complexity index is 12.4. The SMILES string of the molecule is BBOBO. The first-order valence-electron chi connectivity index (χ1n) is 1.60. The van der Waals surface area contributed by atoms with Gasteiger partial charge in [-0.1, -0.05) is 0 Å². The minimum atomic E-state index is -0.156. The van der Waals surface area contributed by atoms with E-state index in [4.69, 9.17) is 5.02 Å². The Kier molecular flexibility index (Phi) is 4.21. The molecule has 0 bridgehead atoms. The van der Waals surface area contributed by atoms with E-state index in [1.165, 1.54) is 0 Å². The van der Waals surface area contributed by atoms with Crippen LogP contribution in [0.5, 0.6) is 0 Å². The van der Waals surface area contributed by atoms with E-state index in [0.29, 0.717) is 7.37 Å². The zero-order valence-corrected chi connectivity index (χ0v) is 3.27. The van der Waals surface area contributed by atoms with Crippen molar-refractivity contribution in [1.82, 2.24) is 0 Å². The summed E-state index contributed by atoms with van der Waals surface area (Å²) in [6.45, 7) is 0. The maximum absolute atomic E-state index is 7.84. The second-order valence-electron chi connectivity index (χ2n) is 0.622. The summed E-state index contributed by atoms with van der Waals surface area (Å²) in [6, 6.07) is 0. The zero-order valence-electron chi connectivity index (χ0n) is 3.27. The van der Waals surface area contributed by atoms with Crippen molar-refractivity contribution in [3.8, 4) is 0 Å². The van der Waals surface area contributed by atoms with Crippen molar-refractivity contribution in [1.29, 1.82) is 0 Å². The molecule has 0 aliphatic heterocycles. The molecule has 0 rings (SSSR count). The fourth-order valence-electron chi connectivity index (χ4n) is 0.0913. The van der Waals surface area contributed by atoms with Gasteiger partial charge in [-0.15, -0.1) is 0 Å². The van der Waals surface area contributed by atoms with Crippen LogP contribution in [0.15, 0.2) is 0 Å². The maximum Gasteiger partial charge on any atom is 0.419 e. The molecular formula is H5B3O2. The first-order chi connectivity index (χ1) is 2.41. The van der Waals surface area contributed by atoms with Gasteiger partial charge in [0.05, 0.1) is 0 Å². The molecule has 0 saturated heterocycles. The lowest BCUT2D eigenvalue weighted by Crippen LogP contribution is -2.01. The largest absolute Gasteiger partial charge is 0.487 e. The van der Waals surface area contributed by atoms with E-state index in [1.54, 1.807) is 0 Å². The highest BCUT2D eigenvalue weighted by atomic mass is 16.5. The van der Waals surface area contributed by atoms with Crippen LogP contribution in [0, 0.1) is 0 Å². The first kappa shape index (κ1) is 5.11. The molecule has 0 amide bonds. The molecule has 26 valence electrons. The van der Waals surface area contributed by atoms with E-state index in [9.17, 15) is 0 Å². The molecular weight excluding hydrogens is 64.4 g/mol. The maximum atomic E-state index is 7.84. The summed E-state index contributed by atoms with van der Waals surface area (Å²) in [4.78, 5) is 0. The Labute approximate surface area is 33.5 Å². The minimum Gasteiger partial charge on any atom is -0.487 e. The van der Waals surface area contributed by atoms with E-state index < -0.39 is 0 Å². The van der Waals surface area contributed by atoms with E-state index in [2.05, 4.69) is 4.57 Å². The highest BCUT2D eigenvalue weighted by molar-refractivity contribution is 6.87. The average molecular weight is 69.5 g/mol. The van der Waals surface area contributed by atoms with Crippen LogP contribution in [-0.4, -0.2) is 27.8 Å². The van der Waals surface area contributed by atoms with E-state index in [-0.39, 0.29) is 7.69 Å². The van der Waals surface area contributed by atoms with Gasteiger partial charge in [-0.25, -0.2) is 0 Å². The molecule has 1 N–H and O–H groups in total. The van der Waals surface area contributed by atoms with Crippen molar-refractivity contribution in [2.45, 2.75) is 0 Å². The van der Waals surface area contributed by atoms with Gasteiger partial charge in [0.15, 0.2) is 0 Å². The number of hydrogen-bond acceptors (Lipinski definition) is 2. The van der Waals surface area contributed by atoms with Gasteiger partial charge in [0.1, 0.15) is 7.74 Å². The molecule has 0 aliphatic carbocycles. The summed E-state index contributed by atoms with van der Waals surface area (Å²) in [5.41, 5.74) is 0. The number of hydrogen-bond donors (Lipinski definition) is 1. The fraction of sp³-hybridized carbons (Fsp3) is 0. The third-order valence-corrected chi connectivity index (χ3v) is 0.295. The Morgan fingerprint density at radius 1 is 1.80 bits per heavy atom. The summed E-state index contributed by atoms with van der Waals surface area (Å²) in [5, 5.41) is 7.84. The molecule has 0 saturated carbocycles. The molecule has 0 unspecified atom stereocenters. The van der Waals surface area contributed by atoms with Gasteiger partial charge in [0.2, 0.25) is 7.37 Å². The summed E-state index contributed by atoms with van der Waals surface area (Å²) in [6.07, 6.45) is 0. The lowest BCUT2D eigenvalue weighted by molar-refractivity contribution is 0.475. The Morgan fingerprint density at radius 3 is 2.40 bits per heavy atom. The summed E-state index contributed by atoms with van der Waals surface area (Å²) < 4.78 is 4.39. The summed E-state index contributed by atoms with van der Waals surface area (Å²) >= 11 is 0. The molecule has 0 atom stereocenters. The molecule has 0 heterocycles. The van der Waals surface area contributed by atoms with E-state index in [1.807, 2.05) is 7.74 Å². The third-order valence-electron chi connectivity index (χ3n) is 0.295. The molecule has 5 heavy (non-hydrogen) atoms. The lowest BCUT2D eigenvalue weighted by atomic mass is 9.71. The normalized spacial score (nSPS) is 6.60. The molecule has 5 heteroatoms. The molecule has 0 radical (unpaired) electrons. The highest BCUT2D eigenvalue weighted by Crippen LogP contribution is 1.47. The lowest BCUT2D eigenvalue weighted by Gasteiger charge is -1.81. The summed E-state index contributed by atoms with van der Waals surface area (Å²) in [7, 11) is 2.27. The van der Waals surface area contributed by atoms with E-state index >= 15 is 0 Å². The first-order valence-corrected chi connectivity index (χ1v) is 1.60. The van der Waals surface area contributed by atoms with Gasteiger partial charge in [0.25, 0.3) is 0 Å². The van der Waals surface area contributed by atoms with Gasteiger partial charge in [-0.3, -0.25) is 0 Å². The highest BCUT2D eigenvalue weighted by Gasteiger charge is 1.75. The molecule has 0 aromatic carbocycles. The van der Waals surface area contributed by atoms with Gasteiger partial charge in [-0.2, -0.15) is 0 Å². The summed E-state index contributed by atoms with van der Waals surface area (Å²) in [5.74, 6) is 0. The van der Waals surface area contributed by atoms with E-state index in [0.717, 1.165) is 0 Å². The second-order valence-corrected chi connectivity index (χ2v) is 0.622. The third kappa shape index (κ3) is 4.11. The van der Waals surface area contributed by atoms with Gasteiger partial charge in [-0.05, 0) is 0 Å². The fourth-order valence-corrected chi connectivity index (χ4v) is 0.0913. The van der Waals surface area contributed by atoms with Crippen molar-refractivity contribution < 1.29 is 9.60 Å². The molecule has 2 nitrogen and oxygen atoms in total. The zero-order chi connectivity index (χ0) is 4.12. The van der Waals surface area contributed by atoms with Crippen LogP contribution in [0.3, 0.4) is 0 Å². The molecule has 0 fully saturated rings. The minimum absolute atomic E-state index is 0.156. The predicted octanol–water partition coefficient (Wildman–Crippen LogP) is -2.84. The standard InChI is InChI=1S/B3H5O2/c1-2-5-3-4/h2-4H,1H2. The smallest absolute Gasteiger partial charge is 0.419 e. The molecule has 0 aromatic heterocycles. The second kappa shape index (κ2) is 4.11. The van der Waals surface area contributed by atoms with Crippen LogP contribution in [0.2, 0.25) is 0 Å². The quantitative estimate of drug-likeness (QED) is 0.354. The monoisotopic (exact) mass is 70.1 g/mol. The average Bonchev–Trinajstić information content (AvgIpc) is 1.41. The van der Waals surface area contributed by atoms with Gasteiger partial charge < -0.3 is 9.60 Å². The van der Waals surface area contributed by atoms with Crippen molar-refractivity contribution >= 4 is 22.8 Å². The van der Waals surface area contributed by atoms with Gasteiger partial charge >= 0.3 is 7.69 Å². The van der Waals surface area contributed by atoms with Crippen LogP contribution < -0.4 is 0 Å². The molecule has 0 spiro atoms. The van der Waals surface area contributed by atoms with Crippen LogP contribution in [0.4, 0.5) is 0 Å². The predicted molar refractivity (Wildman–Crippen MR) is 26.1 cm³/mol. The van der Waals surface area contributed by atoms with Crippen LogP contribution in [-0.2, 0) is 4.57 Å². The molecule has 0 aliphatic rings. The van der Waals surface area contributed by atoms with Crippen molar-refractivity contribution in [2.24, 2.45) is 0 Å². The Morgan fingerprint density at radius 2 is 2.40 bits per heavy atom. The molecule has 0 aromatic rings. The Hall–Kier alpha value is 0.115. The van der Waals surface area contributed by atoms with Crippen LogP contribution in [0.1, 0.15) is 0 Å². The topological polar surface area (TPSA) is 29.5 Å². The van der Waals surface area contributed by atoms with Gasteiger partial charge in [0, 0.05) is 0 Å².